The van der Waals surface area contributed by atoms with E-state index in [9.17, 15) is 0 Å². The molecule has 0 spiro atoms. The number of benzene rings is 1. The summed E-state index contributed by atoms with van der Waals surface area (Å²) in [6.07, 6.45) is 3.05. The third kappa shape index (κ3) is 3.38. The van der Waals surface area contributed by atoms with Crippen LogP contribution in [0.2, 0.25) is 0 Å². The van der Waals surface area contributed by atoms with Crippen LogP contribution in [0.25, 0.3) is 0 Å². The van der Waals surface area contributed by atoms with E-state index >= 15 is 0 Å². The molecule has 0 saturated carbocycles. The van der Waals surface area contributed by atoms with Gasteiger partial charge in [0, 0.05) is 24.2 Å². The number of hydrogen-bond acceptors (Lipinski definition) is 3. The standard InChI is InChI=1S/C14H18N2S/c1-3-12-6-4-5-7-13(12)8-15-9-14-10-16-11(2)17-14/h4-7,10,15H,3,8-9H2,1-2H3. The van der Waals surface area contributed by atoms with Crippen molar-refractivity contribution in [3.05, 3.63) is 51.5 Å². The van der Waals surface area contributed by atoms with Gasteiger partial charge >= 0.3 is 0 Å². The van der Waals surface area contributed by atoms with Crippen molar-refractivity contribution in [2.45, 2.75) is 33.4 Å². The second-order valence-corrected chi connectivity index (χ2v) is 5.39. The fourth-order valence-electron chi connectivity index (χ4n) is 1.88. The highest BCUT2D eigenvalue weighted by molar-refractivity contribution is 7.11. The average molecular weight is 246 g/mol. The van der Waals surface area contributed by atoms with Gasteiger partial charge in [0.05, 0.1) is 5.01 Å². The normalized spacial score (nSPS) is 10.7. The molecular formula is C14H18N2S. The number of nitrogens with zero attached hydrogens (tertiary/aromatic N) is 1. The lowest BCUT2D eigenvalue weighted by molar-refractivity contribution is 0.694. The molecule has 1 aromatic heterocycles. The zero-order chi connectivity index (χ0) is 12.1. The summed E-state index contributed by atoms with van der Waals surface area (Å²) in [7, 11) is 0. The van der Waals surface area contributed by atoms with Gasteiger partial charge in [-0.3, -0.25) is 0 Å². The highest BCUT2D eigenvalue weighted by atomic mass is 32.1. The Morgan fingerprint density at radius 2 is 1.94 bits per heavy atom. The molecule has 1 N–H and O–H groups in total. The van der Waals surface area contributed by atoms with Gasteiger partial charge in [0.2, 0.25) is 0 Å². The lowest BCUT2D eigenvalue weighted by atomic mass is 10.1. The zero-order valence-corrected chi connectivity index (χ0v) is 11.2. The maximum Gasteiger partial charge on any atom is 0.0897 e. The molecule has 0 aliphatic rings. The van der Waals surface area contributed by atoms with Crippen LogP contribution in [-0.2, 0) is 19.5 Å². The van der Waals surface area contributed by atoms with Gasteiger partial charge in [0.1, 0.15) is 0 Å². The Kier molecular flexibility index (Phi) is 4.29. The Hall–Kier alpha value is -1.19. The molecule has 0 radical (unpaired) electrons. The summed E-state index contributed by atoms with van der Waals surface area (Å²) in [6.45, 7) is 6.08. The third-order valence-electron chi connectivity index (χ3n) is 2.78. The van der Waals surface area contributed by atoms with Crippen LogP contribution in [0.4, 0.5) is 0 Å². The molecule has 17 heavy (non-hydrogen) atoms. The summed E-state index contributed by atoms with van der Waals surface area (Å²) >= 11 is 1.76. The number of rotatable bonds is 5. The number of hydrogen-bond donors (Lipinski definition) is 1. The largest absolute Gasteiger partial charge is 0.308 e. The number of aryl methyl sites for hydroxylation is 2. The first-order chi connectivity index (χ1) is 8.29. The van der Waals surface area contributed by atoms with Crippen LogP contribution in [0.1, 0.15) is 27.9 Å². The molecule has 1 aromatic carbocycles. The van der Waals surface area contributed by atoms with Crippen LogP contribution < -0.4 is 5.32 Å². The van der Waals surface area contributed by atoms with Crippen LogP contribution in [0.3, 0.4) is 0 Å². The summed E-state index contributed by atoms with van der Waals surface area (Å²) in [5, 5.41) is 4.61. The molecule has 3 heteroatoms. The minimum absolute atomic E-state index is 0.906. The lowest BCUT2D eigenvalue weighted by Gasteiger charge is -2.08. The van der Waals surface area contributed by atoms with Crippen molar-refractivity contribution >= 4 is 11.3 Å². The van der Waals surface area contributed by atoms with E-state index in [1.54, 1.807) is 11.3 Å². The molecule has 0 fully saturated rings. The molecule has 0 amide bonds. The summed E-state index contributed by atoms with van der Waals surface area (Å²) in [5.41, 5.74) is 2.83. The van der Waals surface area contributed by atoms with Gasteiger partial charge in [0.15, 0.2) is 0 Å². The predicted octanol–water partition coefficient (Wildman–Crippen LogP) is 3.30. The molecule has 0 unspecified atom stereocenters. The molecule has 2 rings (SSSR count). The van der Waals surface area contributed by atoms with Crippen molar-refractivity contribution in [1.82, 2.24) is 10.3 Å². The van der Waals surface area contributed by atoms with Crippen molar-refractivity contribution in [2.75, 3.05) is 0 Å². The Bertz CT molecular complexity index is 477. The van der Waals surface area contributed by atoms with E-state index in [-0.39, 0.29) is 0 Å². The highest BCUT2D eigenvalue weighted by Crippen LogP contribution is 2.12. The summed E-state index contributed by atoms with van der Waals surface area (Å²) in [4.78, 5) is 5.56. The van der Waals surface area contributed by atoms with Crippen LogP contribution in [0.5, 0.6) is 0 Å². The molecule has 2 aromatic rings. The predicted molar refractivity (Wildman–Crippen MR) is 73.2 cm³/mol. The van der Waals surface area contributed by atoms with Crippen molar-refractivity contribution in [2.24, 2.45) is 0 Å². The van der Waals surface area contributed by atoms with Gasteiger partial charge < -0.3 is 5.32 Å². The van der Waals surface area contributed by atoms with Gasteiger partial charge in [-0.05, 0) is 24.5 Å². The molecular weight excluding hydrogens is 228 g/mol. The molecule has 90 valence electrons. The van der Waals surface area contributed by atoms with E-state index in [0.717, 1.165) is 24.5 Å². The monoisotopic (exact) mass is 246 g/mol. The lowest BCUT2D eigenvalue weighted by Crippen LogP contribution is -2.13. The van der Waals surface area contributed by atoms with E-state index in [1.165, 1.54) is 16.0 Å². The minimum atomic E-state index is 0.906. The van der Waals surface area contributed by atoms with Crippen molar-refractivity contribution in [1.29, 1.82) is 0 Å². The average Bonchev–Trinajstić information content (AvgIpc) is 2.76. The third-order valence-corrected chi connectivity index (χ3v) is 3.70. The Morgan fingerprint density at radius 3 is 2.59 bits per heavy atom. The van der Waals surface area contributed by atoms with Gasteiger partial charge in [-0.25, -0.2) is 4.98 Å². The van der Waals surface area contributed by atoms with E-state index in [0.29, 0.717) is 0 Å². The van der Waals surface area contributed by atoms with Gasteiger partial charge in [-0.1, -0.05) is 31.2 Å². The van der Waals surface area contributed by atoms with Gasteiger partial charge in [-0.15, -0.1) is 11.3 Å². The minimum Gasteiger partial charge on any atom is -0.308 e. The van der Waals surface area contributed by atoms with Gasteiger partial charge in [0.25, 0.3) is 0 Å². The van der Waals surface area contributed by atoms with Crippen molar-refractivity contribution in [3.63, 3.8) is 0 Å². The maximum absolute atomic E-state index is 4.25. The molecule has 0 atom stereocenters. The van der Waals surface area contributed by atoms with E-state index < -0.39 is 0 Å². The molecule has 1 heterocycles. The quantitative estimate of drug-likeness (QED) is 0.875. The van der Waals surface area contributed by atoms with E-state index in [4.69, 9.17) is 0 Å². The summed E-state index contributed by atoms with van der Waals surface area (Å²) in [5.74, 6) is 0. The summed E-state index contributed by atoms with van der Waals surface area (Å²) in [6, 6.07) is 8.61. The molecule has 0 bridgehead atoms. The first-order valence-electron chi connectivity index (χ1n) is 5.98. The number of nitrogens with one attached hydrogen (secondary N) is 1. The van der Waals surface area contributed by atoms with Crippen molar-refractivity contribution < 1.29 is 0 Å². The topological polar surface area (TPSA) is 24.9 Å². The zero-order valence-electron chi connectivity index (χ0n) is 10.4. The molecule has 0 aliphatic heterocycles. The Morgan fingerprint density at radius 1 is 1.18 bits per heavy atom. The van der Waals surface area contributed by atoms with Gasteiger partial charge in [-0.2, -0.15) is 0 Å². The van der Waals surface area contributed by atoms with E-state index in [2.05, 4.69) is 41.5 Å². The first kappa shape index (κ1) is 12.3. The second-order valence-electron chi connectivity index (χ2n) is 4.07. The fourth-order valence-corrected chi connectivity index (χ4v) is 2.65. The summed E-state index contributed by atoms with van der Waals surface area (Å²) < 4.78 is 0. The second kappa shape index (κ2) is 5.94. The number of aromatic nitrogens is 1. The smallest absolute Gasteiger partial charge is 0.0897 e. The van der Waals surface area contributed by atoms with Crippen LogP contribution in [0, 0.1) is 6.92 Å². The highest BCUT2D eigenvalue weighted by Gasteiger charge is 2.00. The first-order valence-corrected chi connectivity index (χ1v) is 6.80. The van der Waals surface area contributed by atoms with Crippen LogP contribution in [-0.4, -0.2) is 4.98 Å². The number of thiazole rings is 1. The Balaban J connectivity index is 1.89. The molecule has 0 saturated heterocycles. The maximum atomic E-state index is 4.25. The Labute approximate surface area is 107 Å². The van der Waals surface area contributed by atoms with Crippen molar-refractivity contribution in [3.8, 4) is 0 Å². The van der Waals surface area contributed by atoms with Crippen LogP contribution >= 0.6 is 11.3 Å². The van der Waals surface area contributed by atoms with Crippen LogP contribution in [0.15, 0.2) is 30.5 Å². The van der Waals surface area contributed by atoms with E-state index in [1.807, 2.05) is 13.1 Å². The molecule has 2 nitrogen and oxygen atoms in total. The fraction of sp³-hybridized carbons (Fsp3) is 0.357. The SMILES string of the molecule is CCc1ccccc1CNCc1cnc(C)s1. The molecule has 0 aliphatic carbocycles.